The summed E-state index contributed by atoms with van der Waals surface area (Å²) in [6.45, 7) is 2.20. The quantitative estimate of drug-likeness (QED) is 0.860. The molecular weight excluding hydrogens is 322 g/mol. The molecule has 1 amide bonds. The Balaban J connectivity index is 1.76. The van der Waals surface area contributed by atoms with Gasteiger partial charge in [-0.3, -0.25) is 4.79 Å². The highest BCUT2D eigenvalue weighted by atomic mass is 32.2. The molecule has 0 bridgehead atoms. The fourth-order valence-corrected chi connectivity index (χ4v) is 3.20. The lowest BCUT2D eigenvalue weighted by Crippen LogP contribution is -2.33. The van der Waals surface area contributed by atoms with E-state index in [0.29, 0.717) is 30.4 Å². The van der Waals surface area contributed by atoms with Crippen molar-refractivity contribution in [3.63, 3.8) is 0 Å². The summed E-state index contributed by atoms with van der Waals surface area (Å²) in [6, 6.07) is 4.88. The molecule has 2 aromatic rings. The molecule has 3 rings (SSSR count). The van der Waals surface area contributed by atoms with E-state index >= 15 is 0 Å². The van der Waals surface area contributed by atoms with Crippen LogP contribution >= 0.6 is 0 Å². The van der Waals surface area contributed by atoms with Crippen molar-refractivity contribution in [2.75, 3.05) is 18.5 Å². The Morgan fingerprint density at radius 2 is 2.04 bits per heavy atom. The number of anilines is 1. The van der Waals surface area contributed by atoms with Crippen LogP contribution in [-0.2, 0) is 14.6 Å². The maximum atomic E-state index is 12.3. The van der Waals surface area contributed by atoms with Crippen molar-refractivity contribution in [1.82, 2.24) is 9.97 Å². The molecule has 1 aromatic carbocycles. The van der Waals surface area contributed by atoms with Gasteiger partial charge in [0.2, 0.25) is 20.9 Å². The fraction of sp³-hybridized carbons (Fsp3) is 0.286. The summed E-state index contributed by atoms with van der Waals surface area (Å²) in [4.78, 5) is 18.4. The van der Waals surface area contributed by atoms with Gasteiger partial charge < -0.3 is 19.8 Å². The molecule has 2 heterocycles. The number of hydrogen-bond donors (Lipinski definition) is 2. The molecule has 1 atom stereocenters. The highest BCUT2D eigenvalue weighted by molar-refractivity contribution is 7.92. The number of ether oxygens (including phenoxy) is 2. The van der Waals surface area contributed by atoms with Gasteiger partial charge in [0.1, 0.15) is 18.5 Å². The average Bonchev–Trinajstić information content (AvgIpc) is 3.09. The van der Waals surface area contributed by atoms with Crippen molar-refractivity contribution in [2.24, 2.45) is 0 Å². The lowest BCUT2D eigenvalue weighted by atomic mass is 10.2. The molecule has 2 N–H and O–H groups in total. The molecule has 0 spiro atoms. The Kier molecular flexibility index (Phi) is 3.95. The molecule has 122 valence electrons. The van der Waals surface area contributed by atoms with E-state index in [0.717, 1.165) is 0 Å². The van der Waals surface area contributed by atoms with Crippen molar-refractivity contribution in [2.45, 2.75) is 17.3 Å². The van der Waals surface area contributed by atoms with E-state index in [9.17, 15) is 13.2 Å². The van der Waals surface area contributed by atoms with Crippen LogP contribution in [0.1, 0.15) is 6.92 Å². The van der Waals surface area contributed by atoms with Gasteiger partial charge in [-0.1, -0.05) is 0 Å². The molecule has 0 radical (unpaired) electrons. The van der Waals surface area contributed by atoms with Crippen molar-refractivity contribution in [3.05, 3.63) is 30.6 Å². The summed E-state index contributed by atoms with van der Waals surface area (Å²) in [5.41, 5.74) is 0.431. The number of aromatic amines is 1. The summed E-state index contributed by atoms with van der Waals surface area (Å²) >= 11 is 0. The summed E-state index contributed by atoms with van der Waals surface area (Å²) in [6.07, 6.45) is 2.71. The van der Waals surface area contributed by atoms with Crippen LogP contribution in [0.3, 0.4) is 0 Å². The zero-order valence-corrected chi connectivity index (χ0v) is 13.1. The molecule has 8 nitrogen and oxygen atoms in total. The van der Waals surface area contributed by atoms with Gasteiger partial charge in [0, 0.05) is 24.1 Å². The van der Waals surface area contributed by atoms with Crippen molar-refractivity contribution >= 4 is 21.4 Å². The van der Waals surface area contributed by atoms with Crippen LogP contribution in [0.4, 0.5) is 5.69 Å². The largest absolute Gasteiger partial charge is 0.486 e. The van der Waals surface area contributed by atoms with Gasteiger partial charge in [0.15, 0.2) is 11.5 Å². The number of carbonyl (C=O) groups excluding carboxylic acids is 1. The maximum absolute atomic E-state index is 12.3. The fourth-order valence-electron chi connectivity index (χ4n) is 2.08. The predicted octanol–water partition coefficient (Wildman–Crippen LogP) is 0.982. The second kappa shape index (κ2) is 5.92. The standard InChI is InChI=1S/C14H15N3O5S/c1-9(23(19,20)14-15-4-5-16-14)13(18)17-10-2-3-11-12(8-10)22-7-6-21-11/h2-5,8-9H,6-7H2,1H3,(H,15,16)(H,17,18)/t9-/m0/s1. The Morgan fingerprint density at radius 1 is 1.30 bits per heavy atom. The van der Waals surface area contributed by atoms with Crippen LogP contribution in [0.2, 0.25) is 0 Å². The van der Waals surface area contributed by atoms with Crippen molar-refractivity contribution in [1.29, 1.82) is 0 Å². The number of nitrogens with one attached hydrogen (secondary N) is 2. The average molecular weight is 337 g/mol. The SMILES string of the molecule is C[C@@H](C(=O)Nc1ccc2c(c1)OCCO2)S(=O)(=O)c1ncc[nH]1. The van der Waals surface area contributed by atoms with Gasteiger partial charge in [0.05, 0.1) is 0 Å². The minimum atomic E-state index is -3.87. The van der Waals surface area contributed by atoms with Gasteiger partial charge in [-0.15, -0.1) is 0 Å². The summed E-state index contributed by atoms with van der Waals surface area (Å²) in [5, 5.41) is 1.04. The first-order valence-corrected chi connectivity index (χ1v) is 8.47. The first-order chi connectivity index (χ1) is 11.0. The number of amides is 1. The first kappa shape index (κ1) is 15.3. The lowest BCUT2D eigenvalue weighted by molar-refractivity contribution is -0.115. The number of imidazole rings is 1. The van der Waals surface area contributed by atoms with E-state index in [4.69, 9.17) is 9.47 Å². The number of hydrogen-bond acceptors (Lipinski definition) is 6. The van der Waals surface area contributed by atoms with Crippen LogP contribution in [0, 0.1) is 0 Å². The molecule has 1 aliphatic rings. The minimum absolute atomic E-state index is 0.234. The summed E-state index contributed by atoms with van der Waals surface area (Å²) in [5.74, 6) is 0.444. The number of benzene rings is 1. The van der Waals surface area contributed by atoms with Crippen LogP contribution in [0.25, 0.3) is 0 Å². The lowest BCUT2D eigenvalue weighted by Gasteiger charge is -2.19. The van der Waals surface area contributed by atoms with Gasteiger partial charge >= 0.3 is 0 Å². The predicted molar refractivity (Wildman–Crippen MR) is 81.3 cm³/mol. The van der Waals surface area contributed by atoms with Crippen LogP contribution in [-0.4, -0.2) is 42.8 Å². The zero-order chi connectivity index (χ0) is 16.4. The second-order valence-corrected chi connectivity index (χ2v) is 7.11. The minimum Gasteiger partial charge on any atom is -0.486 e. The van der Waals surface area contributed by atoms with Crippen molar-refractivity contribution < 1.29 is 22.7 Å². The van der Waals surface area contributed by atoms with Crippen LogP contribution in [0.15, 0.2) is 35.7 Å². The highest BCUT2D eigenvalue weighted by Gasteiger charge is 2.32. The third-order valence-electron chi connectivity index (χ3n) is 3.39. The van der Waals surface area contributed by atoms with Gasteiger partial charge in [-0.2, -0.15) is 0 Å². The van der Waals surface area contributed by atoms with Crippen molar-refractivity contribution in [3.8, 4) is 11.5 Å². The van der Waals surface area contributed by atoms with Crippen LogP contribution < -0.4 is 14.8 Å². The molecule has 0 saturated heterocycles. The van der Waals surface area contributed by atoms with Gasteiger partial charge in [-0.05, 0) is 19.1 Å². The molecule has 23 heavy (non-hydrogen) atoms. The second-order valence-electron chi connectivity index (χ2n) is 4.93. The molecular formula is C14H15N3O5S. The number of aromatic nitrogens is 2. The van der Waals surface area contributed by atoms with E-state index in [1.165, 1.54) is 19.3 Å². The Labute approximate surface area is 132 Å². The summed E-state index contributed by atoms with van der Waals surface area (Å²) < 4.78 is 35.3. The number of sulfone groups is 1. The number of rotatable bonds is 4. The van der Waals surface area contributed by atoms with Gasteiger partial charge in [-0.25, -0.2) is 13.4 Å². The monoisotopic (exact) mass is 337 g/mol. The normalized spacial score (nSPS) is 15.0. The number of H-pyrrole nitrogens is 1. The topological polar surface area (TPSA) is 110 Å². The molecule has 1 aromatic heterocycles. The van der Waals surface area contributed by atoms with E-state index in [-0.39, 0.29) is 5.16 Å². The molecule has 0 saturated carbocycles. The molecule has 0 fully saturated rings. The van der Waals surface area contributed by atoms with Gasteiger partial charge in [0.25, 0.3) is 0 Å². The number of carbonyl (C=O) groups is 1. The third kappa shape index (κ3) is 3.00. The smallest absolute Gasteiger partial charge is 0.242 e. The Morgan fingerprint density at radius 3 is 2.74 bits per heavy atom. The Bertz CT molecular complexity index is 817. The van der Waals surface area contributed by atoms with Crippen LogP contribution in [0.5, 0.6) is 11.5 Å². The zero-order valence-electron chi connectivity index (χ0n) is 12.3. The maximum Gasteiger partial charge on any atom is 0.242 e. The molecule has 1 aliphatic heterocycles. The number of nitrogens with zero attached hydrogens (tertiary/aromatic N) is 1. The van der Waals surface area contributed by atoms with E-state index in [2.05, 4.69) is 15.3 Å². The molecule has 0 aliphatic carbocycles. The summed E-state index contributed by atoms with van der Waals surface area (Å²) in [7, 11) is -3.87. The van der Waals surface area contributed by atoms with E-state index < -0.39 is 21.0 Å². The molecule has 0 unspecified atom stereocenters. The Hall–Kier alpha value is -2.55. The molecule has 9 heteroatoms. The first-order valence-electron chi connectivity index (χ1n) is 6.92. The number of fused-ring (bicyclic) bond motifs is 1. The highest BCUT2D eigenvalue weighted by Crippen LogP contribution is 2.32. The third-order valence-corrected chi connectivity index (χ3v) is 5.29. The van der Waals surface area contributed by atoms with E-state index in [1.54, 1.807) is 18.2 Å². The van der Waals surface area contributed by atoms with E-state index in [1.807, 2.05) is 0 Å².